The summed E-state index contributed by atoms with van der Waals surface area (Å²) < 4.78 is 32.1. The van der Waals surface area contributed by atoms with E-state index in [1.807, 2.05) is 0 Å². The number of carbonyl (C=O) groups is 3. The summed E-state index contributed by atoms with van der Waals surface area (Å²) in [5.41, 5.74) is 0.815. The van der Waals surface area contributed by atoms with Crippen molar-refractivity contribution in [2.24, 2.45) is 0 Å². The van der Waals surface area contributed by atoms with Crippen molar-refractivity contribution in [2.45, 2.75) is 30.7 Å². The van der Waals surface area contributed by atoms with Gasteiger partial charge < -0.3 is 10.1 Å². The van der Waals surface area contributed by atoms with E-state index in [1.54, 1.807) is 6.92 Å². The molecule has 9 nitrogen and oxygen atoms in total. The second kappa shape index (κ2) is 10.2. The summed E-state index contributed by atoms with van der Waals surface area (Å²) in [6, 6.07) is 11.9. The molecule has 0 aliphatic carbocycles. The van der Waals surface area contributed by atoms with Gasteiger partial charge in [-0.05, 0) is 68.3 Å². The van der Waals surface area contributed by atoms with E-state index in [-0.39, 0.29) is 36.3 Å². The monoisotopic (exact) mass is 517 g/mol. The molecule has 1 saturated heterocycles. The van der Waals surface area contributed by atoms with Gasteiger partial charge in [-0.1, -0.05) is 11.6 Å². The molecule has 1 fully saturated rings. The molecule has 2 aromatic carbocycles. The Kier molecular flexibility index (Phi) is 7.25. The van der Waals surface area contributed by atoms with Crippen LogP contribution in [0.2, 0.25) is 5.02 Å². The smallest absolute Gasteiger partial charge is 0.338 e. The van der Waals surface area contributed by atoms with E-state index < -0.39 is 27.8 Å². The summed E-state index contributed by atoms with van der Waals surface area (Å²) in [7, 11) is -3.64. The zero-order valence-corrected chi connectivity index (χ0v) is 20.5. The number of amides is 2. The SMILES string of the molecule is CCOC(=O)c1ccc(N2C(=O)C=C(NC3CCN(S(=O)(=O)c4ccc(Cl)cc4)CC3)C2=O)cc1. The molecule has 35 heavy (non-hydrogen) atoms. The van der Waals surface area contributed by atoms with E-state index in [0.29, 0.717) is 29.1 Å². The lowest BCUT2D eigenvalue weighted by molar-refractivity contribution is -0.120. The lowest BCUT2D eigenvalue weighted by Gasteiger charge is -2.32. The van der Waals surface area contributed by atoms with E-state index >= 15 is 0 Å². The Labute approximate surface area is 208 Å². The average molecular weight is 518 g/mol. The fraction of sp³-hybridized carbons (Fsp3) is 0.292. The zero-order chi connectivity index (χ0) is 25.2. The van der Waals surface area contributed by atoms with Gasteiger partial charge in [0.05, 0.1) is 22.8 Å². The van der Waals surface area contributed by atoms with Crippen LogP contribution in [-0.2, 0) is 24.3 Å². The van der Waals surface area contributed by atoms with Crippen LogP contribution in [0.1, 0.15) is 30.1 Å². The Morgan fingerprint density at radius 1 is 1.06 bits per heavy atom. The Morgan fingerprint density at radius 3 is 2.29 bits per heavy atom. The summed E-state index contributed by atoms with van der Waals surface area (Å²) in [6.45, 7) is 2.50. The second-order valence-electron chi connectivity index (χ2n) is 8.08. The van der Waals surface area contributed by atoms with Crippen LogP contribution in [0.15, 0.2) is 65.2 Å². The number of ether oxygens (including phenoxy) is 1. The van der Waals surface area contributed by atoms with Crippen LogP contribution in [0.4, 0.5) is 5.69 Å². The van der Waals surface area contributed by atoms with E-state index in [4.69, 9.17) is 16.3 Å². The molecule has 0 atom stereocenters. The Bertz CT molecular complexity index is 1270. The number of hydrogen-bond donors (Lipinski definition) is 1. The van der Waals surface area contributed by atoms with Crippen LogP contribution in [0.25, 0.3) is 0 Å². The van der Waals surface area contributed by atoms with Crippen molar-refractivity contribution in [1.82, 2.24) is 9.62 Å². The first-order valence-corrected chi connectivity index (χ1v) is 12.9. The number of nitrogens with one attached hydrogen (secondary N) is 1. The number of carbonyl (C=O) groups excluding carboxylic acids is 3. The van der Waals surface area contributed by atoms with Crippen molar-refractivity contribution in [2.75, 3.05) is 24.6 Å². The van der Waals surface area contributed by atoms with Gasteiger partial charge in [0.2, 0.25) is 10.0 Å². The quantitative estimate of drug-likeness (QED) is 0.443. The van der Waals surface area contributed by atoms with Gasteiger partial charge in [-0.15, -0.1) is 0 Å². The average Bonchev–Trinajstić information content (AvgIpc) is 3.12. The van der Waals surface area contributed by atoms with Crippen molar-refractivity contribution < 1.29 is 27.5 Å². The highest BCUT2D eigenvalue weighted by Crippen LogP contribution is 2.25. The molecular weight excluding hydrogens is 494 g/mol. The van der Waals surface area contributed by atoms with Gasteiger partial charge in [-0.25, -0.2) is 18.1 Å². The number of rotatable bonds is 7. The molecule has 1 N–H and O–H groups in total. The fourth-order valence-corrected chi connectivity index (χ4v) is 5.59. The maximum atomic E-state index is 12.9. The molecule has 2 aliphatic rings. The third kappa shape index (κ3) is 5.24. The minimum atomic E-state index is -3.64. The molecule has 4 rings (SSSR count). The minimum Gasteiger partial charge on any atom is -0.462 e. The van der Waals surface area contributed by atoms with E-state index in [1.165, 1.54) is 58.9 Å². The molecular formula is C24H24ClN3O6S. The van der Waals surface area contributed by atoms with Crippen molar-refractivity contribution >= 4 is 45.1 Å². The van der Waals surface area contributed by atoms with Gasteiger partial charge >= 0.3 is 5.97 Å². The van der Waals surface area contributed by atoms with Gasteiger partial charge in [0.15, 0.2) is 0 Å². The van der Waals surface area contributed by atoms with Crippen molar-refractivity contribution in [3.63, 3.8) is 0 Å². The highest BCUT2D eigenvalue weighted by Gasteiger charge is 2.35. The van der Waals surface area contributed by atoms with Gasteiger partial charge in [0.25, 0.3) is 11.8 Å². The first kappa shape index (κ1) is 24.9. The number of piperidine rings is 1. The lowest BCUT2D eigenvalue weighted by atomic mass is 10.1. The number of nitrogens with zero attached hydrogens (tertiary/aromatic N) is 2. The normalized spacial score (nSPS) is 17.4. The van der Waals surface area contributed by atoms with Gasteiger partial charge in [0.1, 0.15) is 5.70 Å². The molecule has 0 bridgehead atoms. The van der Waals surface area contributed by atoms with Crippen LogP contribution in [0.3, 0.4) is 0 Å². The molecule has 11 heteroatoms. The molecule has 0 unspecified atom stereocenters. The van der Waals surface area contributed by atoms with Crippen molar-refractivity contribution in [3.05, 3.63) is 70.9 Å². The maximum absolute atomic E-state index is 12.9. The predicted octanol–water partition coefficient (Wildman–Crippen LogP) is 2.72. The predicted molar refractivity (Wildman–Crippen MR) is 129 cm³/mol. The Morgan fingerprint density at radius 2 is 1.69 bits per heavy atom. The molecule has 2 aromatic rings. The number of anilines is 1. The number of halogens is 1. The fourth-order valence-electron chi connectivity index (χ4n) is 4.00. The number of imide groups is 1. The zero-order valence-electron chi connectivity index (χ0n) is 18.9. The minimum absolute atomic E-state index is 0.156. The maximum Gasteiger partial charge on any atom is 0.338 e. The second-order valence-corrected chi connectivity index (χ2v) is 10.5. The number of sulfonamides is 1. The summed E-state index contributed by atoms with van der Waals surface area (Å²) in [4.78, 5) is 38.5. The van der Waals surface area contributed by atoms with Crippen LogP contribution in [-0.4, -0.2) is 56.2 Å². The van der Waals surface area contributed by atoms with Crippen LogP contribution in [0.5, 0.6) is 0 Å². The summed E-state index contributed by atoms with van der Waals surface area (Å²) in [6.07, 6.45) is 2.18. The Balaban J connectivity index is 1.36. The van der Waals surface area contributed by atoms with Gasteiger partial charge in [-0.2, -0.15) is 4.31 Å². The van der Waals surface area contributed by atoms with Crippen molar-refractivity contribution in [3.8, 4) is 0 Å². The highest BCUT2D eigenvalue weighted by atomic mass is 35.5. The topological polar surface area (TPSA) is 113 Å². The molecule has 0 radical (unpaired) electrons. The van der Waals surface area contributed by atoms with Crippen LogP contribution in [0, 0.1) is 0 Å². The van der Waals surface area contributed by atoms with Crippen molar-refractivity contribution in [1.29, 1.82) is 0 Å². The number of hydrogen-bond acceptors (Lipinski definition) is 7. The Hall–Kier alpha value is -3.21. The van der Waals surface area contributed by atoms with Crippen LogP contribution < -0.4 is 10.2 Å². The third-order valence-electron chi connectivity index (χ3n) is 5.82. The van der Waals surface area contributed by atoms with Gasteiger partial charge in [-0.3, -0.25) is 9.59 Å². The first-order valence-electron chi connectivity index (χ1n) is 11.1. The largest absolute Gasteiger partial charge is 0.462 e. The van der Waals surface area contributed by atoms with E-state index in [9.17, 15) is 22.8 Å². The molecule has 0 aromatic heterocycles. The van der Waals surface area contributed by atoms with Gasteiger partial charge in [0, 0.05) is 30.2 Å². The molecule has 2 heterocycles. The third-order valence-corrected chi connectivity index (χ3v) is 7.99. The number of esters is 1. The first-order chi connectivity index (χ1) is 16.7. The molecule has 184 valence electrons. The lowest BCUT2D eigenvalue weighted by Crippen LogP contribution is -2.45. The van der Waals surface area contributed by atoms with E-state index in [2.05, 4.69) is 5.32 Å². The molecule has 0 saturated carbocycles. The van der Waals surface area contributed by atoms with Crippen LogP contribution >= 0.6 is 11.6 Å². The summed E-state index contributed by atoms with van der Waals surface area (Å²) in [5, 5.41) is 3.56. The number of benzene rings is 2. The molecule has 0 spiro atoms. The summed E-state index contributed by atoms with van der Waals surface area (Å²) >= 11 is 5.85. The molecule has 2 aliphatic heterocycles. The van der Waals surface area contributed by atoms with E-state index in [0.717, 1.165) is 4.90 Å². The highest BCUT2D eigenvalue weighted by molar-refractivity contribution is 7.89. The molecule has 2 amide bonds. The standard InChI is InChI=1S/C24H24ClN3O6S/c1-2-34-24(31)16-3-7-19(8-4-16)28-22(29)15-21(23(28)30)26-18-11-13-27(14-12-18)35(32,33)20-9-5-17(25)6-10-20/h3-10,15,18,26H,2,11-14H2,1H3. The summed E-state index contributed by atoms with van der Waals surface area (Å²) in [5.74, 6) is -1.48.